The molecule has 6 rings (SSSR count). The van der Waals surface area contributed by atoms with Crippen molar-refractivity contribution in [1.29, 1.82) is 0 Å². The van der Waals surface area contributed by atoms with Crippen molar-refractivity contribution in [1.82, 2.24) is 0 Å². The monoisotopic (exact) mass is 1070 g/mol. The molecular weight excluding hydrogens is 1010 g/mol. The number of carboxylic acids is 1. The Labute approximate surface area is 478 Å². The Morgan fingerprint density at radius 3 is 1.90 bits per heavy atom. The first kappa shape index (κ1) is 62.5. The maximum absolute atomic E-state index is 12.1. The van der Waals surface area contributed by atoms with Crippen LogP contribution < -0.4 is 93.6 Å². The van der Waals surface area contributed by atoms with E-state index in [-0.39, 0.29) is 121 Å². The van der Waals surface area contributed by atoms with Gasteiger partial charge in [-0.25, -0.2) is 33.7 Å². The van der Waals surface area contributed by atoms with Gasteiger partial charge in [0.2, 0.25) is 5.69 Å². The Balaban J connectivity index is 0.00000432. The number of fused-ring (bicyclic) bond motifs is 2. The van der Waals surface area contributed by atoms with E-state index < -0.39 is 78.6 Å². The molecule has 0 fully saturated rings. The third-order valence-corrected chi connectivity index (χ3v) is 15.9. The van der Waals surface area contributed by atoms with E-state index in [9.17, 15) is 61.8 Å². The minimum Gasteiger partial charge on any atom is -0.748 e. The van der Waals surface area contributed by atoms with Crippen LogP contribution in [0, 0.1) is 0 Å². The second-order valence-corrected chi connectivity index (χ2v) is 23.9. The topological polar surface area (TPSA) is 272 Å². The van der Waals surface area contributed by atoms with Crippen LogP contribution in [0.1, 0.15) is 101 Å². The van der Waals surface area contributed by atoms with E-state index >= 15 is 0 Å². The van der Waals surface area contributed by atoms with Crippen molar-refractivity contribution in [2.24, 2.45) is 0 Å². The van der Waals surface area contributed by atoms with E-state index in [0.717, 1.165) is 39.3 Å². The first-order valence-electron chi connectivity index (χ1n) is 21.7. The molecule has 2 heterocycles. The molecule has 0 bridgehead atoms. The molecule has 0 unspecified atom stereocenters. The van der Waals surface area contributed by atoms with Gasteiger partial charge in [0.25, 0.3) is 0 Å². The number of anilines is 1. The molecule has 1 aliphatic carbocycles. The van der Waals surface area contributed by atoms with Gasteiger partial charge in [0.05, 0.1) is 35.4 Å². The van der Waals surface area contributed by atoms with Crippen molar-refractivity contribution < 1.29 is 155 Å². The fraction of sp³-hybridized carbons (Fsp3) is 0.404. The van der Waals surface area contributed by atoms with Gasteiger partial charge in [-0.1, -0.05) is 50.3 Å². The summed E-state index contributed by atoms with van der Waals surface area (Å²) in [5.41, 5.74) is 6.65. The van der Waals surface area contributed by atoms with E-state index in [0.29, 0.717) is 61.0 Å². The molecule has 0 atom stereocenters. The van der Waals surface area contributed by atoms with Crippen LogP contribution in [0.4, 0.5) is 11.4 Å². The average molecular weight is 1070 g/mol. The van der Waals surface area contributed by atoms with Crippen LogP contribution in [0.15, 0.2) is 112 Å². The van der Waals surface area contributed by atoms with Gasteiger partial charge in [-0.05, 0) is 129 Å². The first-order chi connectivity index (χ1) is 31.1. The molecule has 3 aromatic rings. The summed E-state index contributed by atoms with van der Waals surface area (Å²) in [6, 6.07) is 16.1. The summed E-state index contributed by atoms with van der Waals surface area (Å²) >= 11 is 0. The molecule has 3 aromatic carbocycles. The predicted molar refractivity (Wildman–Crippen MR) is 248 cm³/mol. The van der Waals surface area contributed by atoms with Crippen molar-refractivity contribution >= 4 is 69.1 Å². The molecule has 0 saturated heterocycles. The summed E-state index contributed by atoms with van der Waals surface area (Å²) < 4.78 is 143. The minimum atomic E-state index is -4.81. The zero-order chi connectivity index (χ0) is 49.3. The molecule has 3 aliphatic rings. The van der Waals surface area contributed by atoms with Crippen LogP contribution in [0.25, 0.3) is 5.57 Å². The van der Waals surface area contributed by atoms with E-state index in [2.05, 4.69) is 0 Å². The average Bonchev–Trinajstić information content (AvgIpc) is 3.79. The van der Waals surface area contributed by atoms with Gasteiger partial charge in [0, 0.05) is 65.4 Å². The van der Waals surface area contributed by atoms with Gasteiger partial charge in [-0.3, -0.25) is 4.79 Å². The van der Waals surface area contributed by atoms with Crippen LogP contribution in [0.2, 0.25) is 0 Å². The number of carboxylic acid groups (broad SMARTS) is 1. The Kier molecular flexibility index (Phi) is 22.0. The number of benzene rings is 3. The van der Waals surface area contributed by atoms with Gasteiger partial charge in [-0.15, -0.1) is 0 Å². The zero-order valence-electron chi connectivity index (χ0n) is 40.6. The summed E-state index contributed by atoms with van der Waals surface area (Å²) in [4.78, 5) is 12.5. The Morgan fingerprint density at radius 2 is 1.30 bits per heavy atom. The SMILES string of the molecule is CC1(C)C(/C=C/C2=C(c3cccc(CCCC(=O)O)c3)C(=C/C=C3/N(CCCCS(=O)(=O)[O-])c4ccc(S(=O)(=O)[O-])cc4C3(C)C)/CC2)=[N+](CCCCS(=O)(=O)[O-])c2ccc(S(=O)(=O)[O-])cc21.[Na+].[Na+].[Na+]. The Morgan fingerprint density at radius 1 is 0.700 bits per heavy atom. The number of hydrogen-bond donors (Lipinski definition) is 1. The van der Waals surface area contributed by atoms with Gasteiger partial charge >= 0.3 is 94.6 Å². The molecular formula is C47H53N2Na3O14S4. The van der Waals surface area contributed by atoms with Crippen LogP contribution in [0.5, 0.6) is 0 Å². The molecule has 70 heavy (non-hydrogen) atoms. The summed E-state index contributed by atoms with van der Waals surface area (Å²) in [7, 11) is -18.5. The molecule has 1 N–H and O–H groups in total. The molecule has 0 spiro atoms. The molecule has 0 saturated carbocycles. The largest absolute Gasteiger partial charge is 1.00 e. The van der Waals surface area contributed by atoms with Crippen LogP contribution in [-0.4, -0.2) is 97.8 Å². The smallest absolute Gasteiger partial charge is 0.748 e. The van der Waals surface area contributed by atoms with Gasteiger partial charge in [-0.2, -0.15) is 4.58 Å². The second-order valence-electron chi connectivity index (χ2n) is 18.1. The normalized spacial score (nSPS) is 17.7. The number of hydrogen-bond acceptors (Lipinski definition) is 14. The third kappa shape index (κ3) is 15.4. The first-order valence-corrected chi connectivity index (χ1v) is 27.7. The summed E-state index contributed by atoms with van der Waals surface area (Å²) in [5.74, 6) is -2.01. The molecule has 2 aliphatic heterocycles. The second kappa shape index (κ2) is 24.7. The van der Waals surface area contributed by atoms with Crippen molar-refractivity contribution in [3.8, 4) is 0 Å². The summed E-state index contributed by atoms with van der Waals surface area (Å²) in [6.45, 7) is 8.11. The Hall–Kier alpha value is -1.80. The summed E-state index contributed by atoms with van der Waals surface area (Å²) in [5, 5.41) is 9.30. The Bertz CT molecular complexity index is 3110. The molecule has 0 amide bonds. The van der Waals surface area contributed by atoms with E-state index in [1.807, 2.05) is 85.7 Å². The molecule has 16 nitrogen and oxygen atoms in total. The van der Waals surface area contributed by atoms with E-state index in [4.69, 9.17) is 0 Å². The van der Waals surface area contributed by atoms with Crippen molar-refractivity contribution in [2.75, 3.05) is 29.5 Å². The standard InChI is InChI=1S/C47H56N2O14S4.3Na/c1-46(2)38-30-36(66(58,59)60)19-21-40(38)48(25-5-7-27-64(52,53)54)42(46)23-17-33-15-16-34(45(33)35-13-9-11-32(29-35)12-10-14-44(50)51)18-24-43-47(3,4)39-31-37(67(61,62)63)20-22-41(39)49(43)26-6-8-28-65(55,56)57;;;/h9,11,13,17-24,29-31H,5-8,10,12,14-16,25-28H2,1-4H3,(H4-,50,51,52,53,54,55,56,57,58,59,60,61,62,63);;;/q;3*+1/p-3. The molecule has 0 radical (unpaired) electrons. The number of aryl methyl sites for hydroxylation is 1. The minimum absolute atomic E-state index is 0. The predicted octanol–water partition coefficient (Wildman–Crippen LogP) is -2.65. The van der Waals surface area contributed by atoms with Crippen molar-refractivity contribution in [2.45, 2.75) is 106 Å². The van der Waals surface area contributed by atoms with Crippen LogP contribution >= 0.6 is 0 Å². The number of nitrogens with zero attached hydrogens (tertiary/aromatic N) is 2. The number of unbranched alkanes of at least 4 members (excludes halogenated alkanes) is 2. The van der Waals surface area contributed by atoms with Gasteiger partial charge < -0.3 is 28.2 Å². The fourth-order valence-electron chi connectivity index (χ4n) is 9.31. The maximum Gasteiger partial charge on any atom is 1.00 e. The number of aliphatic carboxylic acids is 1. The number of carbonyl (C=O) groups is 1. The van der Waals surface area contributed by atoms with Crippen molar-refractivity contribution in [3.63, 3.8) is 0 Å². The number of rotatable bonds is 20. The summed E-state index contributed by atoms with van der Waals surface area (Å²) in [6.07, 6.45) is 10.6. The van der Waals surface area contributed by atoms with E-state index in [1.165, 1.54) is 24.3 Å². The maximum atomic E-state index is 12.1. The third-order valence-electron chi connectivity index (χ3n) is 12.6. The van der Waals surface area contributed by atoms with Gasteiger partial charge in [0.1, 0.15) is 26.8 Å². The fourth-order valence-corrected chi connectivity index (χ4v) is 11.4. The van der Waals surface area contributed by atoms with E-state index in [1.54, 1.807) is 12.1 Å². The molecule has 362 valence electrons. The van der Waals surface area contributed by atoms with Crippen LogP contribution in [0.3, 0.4) is 0 Å². The molecule has 23 heteroatoms. The quantitative estimate of drug-likeness (QED) is 0.0524. The number of allylic oxidation sites excluding steroid dienone is 8. The van der Waals surface area contributed by atoms with Crippen molar-refractivity contribution in [3.05, 3.63) is 124 Å². The van der Waals surface area contributed by atoms with Crippen LogP contribution in [-0.2, 0) is 62.5 Å². The van der Waals surface area contributed by atoms with Gasteiger partial charge in [0.15, 0.2) is 5.71 Å². The molecule has 0 aromatic heterocycles. The zero-order valence-corrected chi connectivity index (χ0v) is 49.8.